The number of benzene rings is 2. The summed E-state index contributed by atoms with van der Waals surface area (Å²) >= 11 is 0. The lowest BCUT2D eigenvalue weighted by Crippen LogP contribution is -2.67. The molecule has 3 aliphatic rings. The Morgan fingerprint density at radius 2 is 1.49 bits per heavy atom. The maximum absolute atomic E-state index is 13.4. The number of phenols is 2. The molecular formula is C36H48O19. The third-order valence-corrected chi connectivity index (χ3v) is 9.40. The van der Waals surface area contributed by atoms with Crippen LogP contribution in [0.15, 0.2) is 42.5 Å². The molecule has 0 aliphatic carbocycles. The Hall–Kier alpha value is -3.67. The summed E-state index contributed by atoms with van der Waals surface area (Å²) in [5.41, 5.74) is 1.05. The number of rotatable bonds is 14. The fourth-order valence-electron chi connectivity index (χ4n) is 6.26. The average molecular weight is 785 g/mol. The van der Waals surface area contributed by atoms with Gasteiger partial charge in [0, 0.05) is 6.08 Å². The molecule has 14 unspecified atom stereocenters. The van der Waals surface area contributed by atoms with Crippen LogP contribution in [0, 0.1) is 0 Å². The smallest absolute Gasteiger partial charge is 0.331 e. The minimum Gasteiger partial charge on any atom is -0.504 e. The van der Waals surface area contributed by atoms with E-state index in [9.17, 15) is 50.8 Å². The number of phenolic OH excluding ortho intramolecular Hbond substituents is 2. The van der Waals surface area contributed by atoms with Crippen LogP contribution in [0.25, 0.3) is 6.08 Å². The summed E-state index contributed by atoms with van der Waals surface area (Å²) in [5, 5.41) is 93.8. The summed E-state index contributed by atoms with van der Waals surface area (Å²) in [4.78, 5) is 13.4. The largest absolute Gasteiger partial charge is 0.504 e. The minimum absolute atomic E-state index is 0.121. The molecule has 0 bridgehead atoms. The van der Waals surface area contributed by atoms with E-state index in [2.05, 4.69) is 0 Å². The second kappa shape index (κ2) is 19.0. The molecule has 14 atom stereocenters. The van der Waals surface area contributed by atoms with Crippen molar-refractivity contribution < 1.29 is 93.4 Å². The highest BCUT2D eigenvalue weighted by Crippen LogP contribution is 2.35. The number of esters is 1. The van der Waals surface area contributed by atoms with Crippen molar-refractivity contribution in [2.45, 2.75) is 99.4 Å². The summed E-state index contributed by atoms with van der Waals surface area (Å²) in [6.45, 7) is 0.0251. The van der Waals surface area contributed by atoms with Crippen LogP contribution in [-0.2, 0) is 44.4 Å². The first-order valence-corrected chi connectivity index (χ1v) is 17.4. The third-order valence-electron chi connectivity index (χ3n) is 9.40. The highest BCUT2D eigenvalue weighted by Gasteiger charge is 2.55. The zero-order valence-electron chi connectivity index (χ0n) is 30.1. The first-order chi connectivity index (χ1) is 26.3. The Morgan fingerprint density at radius 1 is 0.782 bits per heavy atom. The monoisotopic (exact) mass is 784 g/mol. The molecule has 3 saturated heterocycles. The zero-order valence-corrected chi connectivity index (χ0v) is 30.1. The van der Waals surface area contributed by atoms with Gasteiger partial charge in [-0.3, -0.25) is 0 Å². The number of hydrogen-bond acceptors (Lipinski definition) is 19. The Bertz CT molecular complexity index is 1590. The van der Waals surface area contributed by atoms with Crippen LogP contribution in [0.5, 0.6) is 23.0 Å². The normalized spacial score (nSPS) is 35.4. The van der Waals surface area contributed by atoms with Crippen molar-refractivity contribution in [1.29, 1.82) is 0 Å². The Labute approximate surface area is 315 Å². The maximum atomic E-state index is 13.4. The highest BCUT2D eigenvalue weighted by atomic mass is 16.8. The van der Waals surface area contributed by atoms with E-state index in [0.29, 0.717) is 11.1 Å². The molecule has 0 aromatic heterocycles. The molecule has 5 rings (SSSR count). The molecule has 19 heteroatoms. The van der Waals surface area contributed by atoms with E-state index in [1.807, 2.05) is 0 Å². The molecule has 0 saturated carbocycles. The standard InChI is InChI=1S/C36H48O19/c1-16-26(42)28(44)30(46)35(51-16)54-32-31(53-25(41)9-6-17-4-7-19(38)23(13-17)48-3)24(14-37)52-36(33(32)55-34-29(45)27(43)21(40)15-50-34)49-11-10-18-5-8-22(47-2)20(39)12-18/h4-9,12-13,16,21,24,26-40,42-46H,10-11,14-15H2,1-3H3. The molecule has 3 fully saturated rings. The van der Waals surface area contributed by atoms with Crippen LogP contribution in [0.2, 0.25) is 0 Å². The van der Waals surface area contributed by atoms with E-state index < -0.39 is 105 Å². The van der Waals surface area contributed by atoms with Crippen molar-refractivity contribution in [2.75, 3.05) is 34.0 Å². The van der Waals surface area contributed by atoms with Gasteiger partial charge in [-0.05, 0) is 54.8 Å². The van der Waals surface area contributed by atoms with Gasteiger partial charge in [0.2, 0.25) is 0 Å². The molecule has 306 valence electrons. The second-order valence-corrected chi connectivity index (χ2v) is 13.2. The lowest BCUT2D eigenvalue weighted by molar-refractivity contribution is -0.385. The van der Waals surface area contributed by atoms with Crippen LogP contribution in [-0.4, -0.2) is 172 Å². The van der Waals surface area contributed by atoms with Crippen LogP contribution in [0.4, 0.5) is 0 Å². The maximum Gasteiger partial charge on any atom is 0.331 e. The molecule has 2 aromatic rings. The minimum atomic E-state index is -1.86. The Balaban J connectivity index is 1.47. The summed E-state index contributed by atoms with van der Waals surface area (Å²) in [7, 11) is 2.75. The number of carbonyl (C=O) groups excluding carboxylic acids is 1. The lowest BCUT2D eigenvalue weighted by Gasteiger charge is -2.49. The van der Waals surface area contributed by atoms with E-state index >= 15 is 0 Å². The van der Waals surface area contributed by atoms with Gasteiger partial charge in [0.15, 0.2) is 48.0 Å². The molecule has 3 aliphatic heterocycles. The number of carbonyl (C=O) groups is 1. The number of aliphatic hydroxyl groups excluding tert-OH is 7. The zero-order chi connectivity index (χ0) is 40.0. The molecule has 0 spiro atoms. The fraction of sp³-hybridized carbons (Fsp3) is 0.583. The van der Waals surface area contributed by atoms with Gasteiger partial charge in [0.05, 0.1) is 40.1 Å². The molecular weight excluding hydrogens is 736 g/mol. The number of methoxy groups -OCH3 is 2. The van der Waals surface area contributed by atoms with Crippen LogP contribution in [0.3, 0.4) is 0 Å². The predicted molar refractivity (Wildman–Crippen MR) is 183 cm³/mol. The van der Waals surface area contributed by atoms with Gasteiger partial charge < -0.3 is 88.6 Å². The SMILES string of the molecule is COc1ccc(CCOC2OC(CO)C(OC(=O)C=Cc3ccc(O)c(OC)c3)C(OC3OC(C)C(O)C(O)C3O)C2OC2OCC(O)C(O)C2O)cc1O. The van der Waals surface area contributed by atoms with Crippen molar-refractivity contribution in [3.05, 3.63) is 53.6 Å². The summed E-state index contributed by atoms with van der Waals surface area (Å²) < 4.78 is 51.6. The second-order valence-electron chi connectivity index (χ2n) is 13.2. The first kappa shape index (κ1) is 42.5. The fourth-order valence-corrected chi connectivity index (χ4v) is 6.26. The van der Waals surface area contributed by atoms with Crippen molar-refractivity contribution >= 4 is 12.0 Å². The van der Waals surface area contributed by atoms with E-state index in [1.165, 1.54) is 51.5 Å². The van der Waals surface area contributed by atoms with Gasteiger partial charge in [0.25, 0.3) is 0 Å². The average Bonchev–Trinajstić information content (AvgIpc) is 3.17. The predicted octanol–water partition coefficient (Wildman–Crippen LogP) is -1.95. The summed E-state index contributed by atoms with van der Waals surface area (Å²) in [6, 6.07) is 8.99. The molecule has 9 N–H and O–H groups in total. The van der Waals surface area contributed by atoms with Gasteiger partial charge in [-0.2, -0.15) is 0 Å². The van der Waals surface area contributed by atoms with Crippen molar-refractivity contribution in [3.63, 3.8) is 0 Å². The molecule has 0 radical (unpaired) electrons. The quantitative estimate of drug-likeness (QED) is 0.0744. The van der Waals surface area contributed by atoms with Crippen molar-refractivity contribution in [1.82, 2.24) is 0 Å². The molecule has 0 amide bonds. The molecule has 55 heavy (non-hydrogen) atoms. The van der Waals surface area contributed by atoms with Gasteiger partial charge in [-0.15, -0.1) is 0 Å². The Morgan fingerprint density at radius 3 is 2.18 bits per heavy atom. The van der Waals surface area contributed by atoms with Crippen LogP contribution in [0.1, 0.15) is 18.1 Å². The van der Waals surface area contributed by atoms with E-state index in [-0.39, 0.29) is 36.0 Å². The molecule has 3 heterocycles. The van der Waals surface area contributed by atoms with Gasteiger partial charge in [0.1, 0.15) is 54.9 Å². The lowest BCUT2D eigenvalue weighted by atomic mass is 9.96. The first-order valence-electron chi connectivity index (χ1n) is 17.4. The number of ether oxygens (including phenoxy) is 9. The van der Waals surface area contributed by atoms with Gasteiger partial charge in [-0.25, -0.2) is 4.79 Å². The van der Waals surface area contributed by atoms with Crippen molar-refractivity contribution in [3.8, 4) is 23.0 Å². The summed E-state index contributed by atoms with van der Waals surface area (Å²) in [6.07, 6.45) is -19.8. The number of hydrogen-bond donors (Lipinski definition) is 9. The van der Waals surface area contributed by atoms with Crippen LogP contribution < -0.4 is 9.47 Å². The topological polar surface area (TPSA) is 282 Å². The molecule has 2 aromatic carbocycles. The van der Waals surface area contributed by atoms with E-state index in [0.717, 1.165) is 6.08 Å². The number of aromatic hydroxyl groups is 2. The van der Waals surface area contributed by atoms with Gasteiger partial charge in [-0.1, -0.05) is 12.1 Å². The van der Waals surface area contributed by atoms with Crippen LogP contribution >= 0.6 is 0 Å². The van der Waals surface area contributed by atoms with E-state index in [1.54, 1.807) is 12.1 Å². The highest BCUT2D eigenvalue weighted by molar-refractivity contribution is 5.87. The number of aliphatic hydroxyl groups is 7. The van der Waals surface area contributed by atoms with Crippen molar-refractivity contribution in [2.24, 2.45) is 0 Å². The summed E-state index contributed by atoms with van der Waals surface area (Å²) in [5.74, 6) is -0.867. The molecule has 19 nitrogen and oxygen atoms in total. The van der Waals surface area contributed by atoms with E-state index in [4.69, 9.17) is 42.6 Å². The Kier molecular flexibility index (Phi) is 14.7. The third kappa shape index (κ3) is 10.0. The van der Waals surface area contributed by atoms with Gasteiger partial charge >= 0.3 is 5.97 Å².